The fraction of sp³-hybridized carbons (Fsp3) is 0.636. The molecule has 72 valence electrons. The molecule has 1 aliphatic rings. The number of thiophene rings is 1. The number of hydrogen-bond donors (Lipinski definition) is 1. The van der Waals surface area contributed by atoms with Gasteiger partial charge >= 0.3 is 0 Å². The van der Waals surface area contributed by atoms with Crippen molar-refractivity contribution in [2.45, 2.75) is 38.1 Å². The van der Waals surface area contributed by atoms with Gasteiger partial charge in [-0.2, -0.15) is 11.3 Å². The fourth-order valence-electron chi connectivity index (χ4n) is 2.31. The molecule has 3 atom stereocenters. The molecule has 1 heterocycles. The summed E-state index contributed by atoms with van der Waals surface area (Å²) in [7, 11) is 0. The van der Waals surface area contributed by atoms with Gasteiger partial charge in [-0.15, -0.1) is 0 Å². The molecule has 2 N–H and O–H groups in total. The monoisotopic (exact) mass is 195 g/mol. The average molecular weight is 195 g/mol. The molecule has 0 spiro atoms. The second-order valence-corrected chi connectivity index (χ2v) is 4.99. The zero-order valence-corrected chi connectivity index (χ0v) is 8.89. The highest BCUT2D eigenvalue weighted by atomic mass is 32.1. The summed E-state index contributed by atoms with van der Waals surface area (Å²) in [6.45, 7) is 2.36. The first-order chi connectivity index (χ1) is 6.27. The Labute approximate surface area is 84.0 Å². The van der Waals surface area contributed by atoms with Crippen LogP contribution in [-0.2, 0) is 0 Å². The van der Waals surface area contributed by atoms with Crippen molar-refractivity contribution in [1.82, 2.24) is 0 Å². The van der Waals surface area contributed by atoms with Gasteiger partial charge in [0.1, 0.15) is 0 Å². The van der Waals surface area contributed by atoms with Crippen molar-refractivity contribution < 1.29 is 0 Å². The van der Waals surface area contributed by atoms with Gasteiger partial charge in [0.25, 0.3) is 0 Å². The molecule has 1 aliphatic carbocycles. The van der Waals surface area contributed by atoms with E-state index in [4.69, 9.17) is 5.73 Å². The smallest absolute Gasteiger partial charge is 0.00448 e. The van der Waals surface area contributed by atoms with E-state index in [1.54, 1.807) is 11.3 Å². The normalized spacial score (nSPS) is 34.8. The second kappa shape index (κ2) is 3.81. The Morgan fingerprint density at radius 3 is 3.00 bits per heavy atom. The minimum atomic E-state index is 0.432. The van der Waals surface area contributed by atoms with E-state index >= 15 is 0 Å². The van der Waals surface area contributed by atoms with Crippen LogP contribution < -0.4 is 5.73 Å². The first-order valence-electron chi connectivity index (χ1n) is 5.05. The molecular formula is C11H17NS. The lowest BCUT2D eigenvalue weighted by atomic mass is 9.75. The first-order valence-corrected chi connectivity index (χ1v) is 5.99. The molecule has 1 fully saturated rings. The van der Waals surface area contributed by atoms with Crippen LogP contribution in [0.3, 0.4) is 0 Å². The van der Waals surface area contributed by atoms with Crippen molar-refractivity contribution in [2.75, 3.05) is 0 Å². The number of rotatable bonds is 1. The minimum Gasteiger partial charge on any atom is -0.328 e. The molecule has 0 saturated heterocycles. The van der Waals surface area contributed by atoms with Crippen LogP contribution in [0.2, 0.25) is 0 Å². The molecule has 0 bridgehead atoms. The van der Waals surface area contributed by atoms with E-state index in [0.717, 1.165) is 11.8 Å². The van der Waals surface area contributed by atoms with Crippen molar-refractivity contribution in [2.24, 2.45) is 11.7 Å². The van der Waals surface area contributed by atoms with Crippen molar-refractivity contribution in [1.29, 1.82) is 0 Å². The Kier molecular flexibility index (Phi) is 2.70. The van der Waals surface area contributed by atoms with Crippen LogP contribution in [-0.4, -0.2) is 6.04 Å². The third-order valence-corrected chi connectivity index (χ3v) is 3.91. The van der Waals surface area contributed by atoms with Gasteiger partial charge in [-0.1, -0.05) is 6.92 Å². The van der Waals surface area contributed by atoms with Gasteiger partial charge in [0, 0.05) is 6.04 Å². The van der Waals surface area contributed by atoms with E-state index in [1.165, 1.54) is 24.8 Å². The standard InChI is InChI=1S/C11H17NS/c1-8-2-3-10(12)6-11(8)9-4-5-13-7-9/h4-5,7-8,10-11H,2-3,6,12H2,1H3. The summed E-state index contributed by atoms with van der Waals surface area (Å²) >= 11 is 1.80. The van der Waals surface area contributed by atoms with E-state index in [2.05, 4.69) is 23.8 Å². The second-order valence-electron chi connectivity index (χ2n) is 4.21. The van der Waals surface area contributed by atoms with E-state index < -0.39 is 0 Å². The van der Waals surface area contributed by atoms with Crippen molar-refractivity contribution >= 4 is 11.3 Å². The third-order valence-electron chi connectivity index (χ3n) is 3.21. The van der Waals surface area contributed by atoms with Gasteiger partial charge in [0.15, 0.2) is 0 Å². The summed E-state index contributed by atoms with van der Waals surface area (Å²) in [5.74, 6) is 1.53. The summed E-state index contributed by atoms with van der Waals surface area (Å²) < 4.78 is 0. The van der Waals surface area contributed by atoms with E-state index in [0.29, 0.717) is 6.04 Å². The Bertz CT molecular complexity index is 255. The topological polar surface area (TPSA) is 26.0 Å². The molecule has 1 saturated carbocycles. The lowest BCUT2D eigenvalue weighted by molar-refractivity contribution is 0.300. The van der Waals surface area contributed by atoms with Crippen LogP contribution in [0.4, 0.5) is 0 Å². The highest BCUT2D eigenvalue weighted by Gasteiger charge is 2.26. The lowest BCUT2D eigenvalue weighted by Gasteiger charge is -2.32. The quantitative estimate of drug-likeness (QED) is 0.732. The fourth-order valence-corrected chi connectivity index (χ4v) is 3.03. The molecule has 1 nitrogen and oxygen atoms in total. The van der Waals surface area contributed by atoms with Gasteiger partial charge in [-0.05, 0) is 53.5 Å². The predicted molar refractivity (Wildman–Crippen MR) is 58.1 cm³/mol. The van der Waals surface area contributed by atoms with Gasteiger partial charge in [-0.3, -0.25) is 0 Å². The summed E-state index contributed by atoms with van der Waals surface area (Å²) in [5, 5.41) is 4.45. The molecule has 1 aromatic rings. The van der Waals surface area contributed by atoms with Crippen LogP contribution in [0.5, 0.6) is 0 Å². The largest absolute Gasteiger partial charge is 0.328 e. The SMILES string of the molecule is CC1CCC(N)CC1c1ccsc1. The molecule has 2 rings (SSSR count). The van der Waals surface area contributed by atoms with Crippen molar-refractivity contribution in [3.63, 3.8) is 0 Å². The molecule has 0 radical (unpaired) electrons. The molecule has 0 aromatic carbocycles. The Morgan fingerprint density at radius 1 is 1.46 bits per heavy atom. The van der Waals surface area contributed by atoms with E-state index in [-0.39, 0.29) is 0 Å². The number of hydrogen-bond acceptors (Lipinski definition) is 2. The summed E-state index contributed by atoms with van der Waals surface area (Å²) in [6, 6.07) is 2.69. The van der Waals surface area contributed by atoms with Crippen LogP contribution in [0.15, 0.2) is 16.8 Å². The summed E-state index contributed by atoms with van der Waals surface area (Å²) in [6.07, 6.45) is 3.68. The van der Waals surface area contributed by atoms with E-state index in [1.807, 2.05) is 0 Å². The average Bonchev–Trinajstić information content (AvgIpc) is 2.61. The Balaban J connectivity index is 2.12. The Hall–Kier alpha value is -0.340. The van der Waals surface area contributed by atoms with Crippen molar-refractivity contribution in [3.05, 3.63) is 22.4 Å². The molecule has 13 heavy (non-hydrogen) atoms. The molecular weight excluding hydrogens is 178 g/mol. The third kappa shape index (κ3) is 1.94. The summed E-state index contributed by atoms with van der Waals surface area (Å²) in [4.78, 5) is 0. The molecule has 2 heteroatoms. The van der Waals surface area contributed by atoms with Gasteiger partial charge in [0.2, 0.25) is 0 Å². The minimum absolute atomic E-state index is 0.432. The Morgan fingerprint density at radius 2 is 2.31 bits per heavy atom. The zero-order chi connectivity index (χ0) is 9.26. The van der Waals surface area contributed by atoms with Gasteiger partial charge < -0.3 is 5.73 Å². The summed E-state index contributed by atoms with van der Waals surface area (Å²) in [5.41, 5.74) is 7.50. The van der Waals surface area contributed by atoms with Crippen LogP contribution >= 0.6 is 11.3 Å². The zero-order valence-electron chi connectivity index (χ0n) is 8.07. The first kappa shape index (κ1) is 9.22. The maximum atomic E-state index is 6.00. The predicted octanol–water partition coefficient (Wildman–Crippen LogP) is 2.98. The van der Waals surface area contributed by atoms with Crippen LogP contribution in [0.25, 0.3) is 0 Å². The highest BCUT2D eigenvalue weighted by Crippen LogP contribution is 2.37. The van der Waals surface area contributed by atoms with E-state index in [9.17, 15) is 0 Å². The van der Waals surface area contributed by atoms with Crippen LogP contribution in [0.1, 0.15) is 37.7 Å². The molecule has 3 unspecified atom stereocenters. The lowest BCUT2D eigenvalue weighted by Crippen LogP contribution is -2.30. The maximum absolute atomic E-state index is 6.00. The van der Waals surface area contributed by atoms with Gasteiger partial charge in [0.05, 0.1) is 0 Å². The van der Waals surface area contributed by atoms with Gasteiger partial charge in [-0.25, -0.2) is 0 Å². The number of nitrogens with two attached hydrogens (primary N) is 1. The molecule has 1 aromatic heterocycles. The molecule has 0 amide bonds. The van der Waals surface area contributed by atoms with Crippen LogP contribution in [0, 0.1) is 5.92 Å². The highest BCUT2D eigenvalue weighted by molar-refractivity contribution is 7.07. The molecule has 0 aliphatic heterocycles. The van der Waals surface area contributed by atoms with Crippen molar-refractivity contribution in [3.8, 4) is 0 Å². The maximum Gasteiger partial charge on any atom is 0.00448 e.